The number of unbranched alkanes of at least 4 members (excludes halogenated alkanes) is 1. The van der Waals surface area contributed by atoms with Gasteiger partial charge in [-0.3, -0.25) is 9.78 Å². The SMILES string of the molecule is CCCCSc1n[n+]2cnc3ccccc3c2c(=O)[nH]1. The Morgan fingerprint density at radius 2 is 2.20 bits per heavy atom. The van der Waals surface area contributed by atoms with Crippen LogP contribution in [-0.4, -0.2) is 20.8 Å². The van der Waals surface area contributed by atoms with Crippen LogP contribution in [0.4, 0.5) is 0 Å². The van der Waals surface area contributed by atoms with Gasteiger partial charge in [0.05, 0.1) is 5.39 Å². The lowest BCUT2D eigenvalue weighted by atomic mass is 10.2. The molecule has 0 bridgehead atoms. The first kappa shape index (κ1) is 13.1. The minimum absolute atomic E-state index is 0.127. The predicted octanol–water partition coefficient (Wildman–Crippen LogP) is 1.95. The van der Waals surface area contributed by atoms with Gasteiger partial charge in [-0.1, -0.05) is 46.9 Å². The molecule has 0 saturated heterocycles. The van der Waals surface area contributed by atoms with Crippen LogP contribution in [0.3, 0.4) is 0 Å². The second kappa shape index (κ2) is 5.58. The predicted molar refractivity (Wildman–Crippen MR) is 79.0 cm³/mol. The largest absolute Gasteiger partial charge is 0.312 e. The Morgan fingerprint density at radius 3 is 3.05 bits per heavy atom. The maximum atomic E-state index is 12.3. The molecule has 0 aliphatic carbocycles. The summed E-state index contributed by atoms with van der Waals surface area (Å²) in [6, 6.07) is 7.58. The van der Waals surface area contributed by atoms with Crippen LogP contribution in [0.5, 0.6) is 0 Å². The number of para-hydroxylation sites is 1. The number of aromatic nitrogens is 4. The highest BCUT2D eigenvalue weighted by atomic mass is 32.2. The lowest BCUT2D eigenvalue weighted by Crippen LogP contribution is -2.35. The summed E-state index contributed by atoms with van der Waals surface area (Å²) in [6.45, 7) is 2.14. The van der Waals surface area contributed by atoms with Gasteiger partial charge in [0.15, 0.2) is 5.52 Å². The molecule has 0 unspecified atom stereocenters. The van der Waals surface area contributed by atoms with Gasteiger partial charge >= 0.3 is 11.9 Å². The van der Waals surface area contributed by atoms with Crippen molar-refractivity contribution < 1.29 is 4.52 Å². The van der Waals surface area contributed by atoms with Gasteiger partial charge in [0.25, 0.3) is 0 Å². The summed E-state index contributed by atoms with van der Waals surface area (Å²) < 4.78 is 1.56. The van der Waals surface area contributed by atoms with Crippen LogP contribution in [0.25, 0.3) is 16.4 Å². The number of benzene rings is 1. The molecule has 0 fully saturated rings. The molecule has 2 aromatic heterocycles. The Morgan fingerprint density at radius 1 is 1.35 bits per heavy atom. The quantitative estimate of drug-likeness (QED) is 0.345. The first-order valence-corrected chi connectivity index (χ1v) is 7.60. The van der Waals surface area contributed by atoms with E-state index in [2.05, 4.69) is 22.0 Å². The highest BCUT2D eigenvalue weighted by Gasteiger charge is 2.14. The summed E-state index contributed by atoms with van der Waals surface area (Å²) in [7, 11) is 0. The smallest absolute Gasteiger partial charge is 0.295 e. The van der Waals surface area contributed by atoms with E-state index in [4.69, 9.17) is 0 Å². The van der Waals surface area contributed by atoms with Crippen LogP contribution in [0.2, 0.25) is 0 Å². The van der Waals surface area contributed by atoms with Crippen LogP contribution < -0.4 is 10.1 Å². The monoisotopic (exact) mass is 287 g/mol. The van der Waals surface area contributed by atoms with E-state index in [1.165, 1.54) is 0 Å². The van der Waals surface area contributed by atoms with Crippen molar-refractivity contribution in [3.8, 4) is 0 Å². The van der Waals surface area contributed by atoms with E-state index < -0.39 is 0 Å². The van der Waals surface area contributed by atoms with Crippen LogP contribution in [0.15, 0.2) is 40.5 Å². The van der Waals surface area contributed by atoms with Crippen molar-refractivity contribution in [2.45, 2.75) is 24.9 Å². The Hall–Kier alpha value is -1.95. The topological polar surface area (TPSA) is 62.7 Å². The Bertz CT molecular complexity index is 815. The van der Waals surface area contributed by atoms with E-state index in [9.17, 15) is 4.79 Å². The van der Waals surface area contributed by atoms with Gasteiger partial charge in [-0.05, 0) is 23.5 Å². The maximum absolute atomic E-state index is 12.3. The average Bonchev–Trinajstić information content (AvgIpc) is 2.47. The second-order valence-corrected chi connectivity index (χ2v) is 5.60. The molecule has 6 heteroatoms. The van der Waals surface area contributed by atoms with Crippen molar-refractivity contribution >= 4 is 28.2 Å². The number of thioether (sulfide) groups is 1. The third-order valence-electron chi connectivity index (χ3n) is 3.07. The molecule has 20 heavy (non-hydrogen) atoms. The summed E-state index contributed by atoms with van der Waals surface area (Å²) in [5.74, 6) is 0.951. The van der Waals surface area contributed by atoms with Crippen molar-refractivity contribution in [3.63, 3.8) is 0 Å². The molecule has 0 radical (unpaired) electrons. The highest BCUT2D eigenvalue weighted by molar-refractivity contribution is 7.99. The Balaban J connectivity index is 2.14. The molecule has 0 aliphatic heterocycles. The number of aromatic amines is 1. The van der Waals surface area contributed by atoms with Gasteiger partial charge in [-0.2, -0.15) is 0 Å². The molecule has 0 aliphatic rings. The molecule has 1 aromatic carbocycles. The van der Waals surface area contributed by atoms with Crippen LogP contribution in [-0.2, 0) is 0 Å². The van der Waals surface area contributed by atoms with Crippen LogP contribution >= 0.6 is 11.8 Å². The number of hydrogen-bond acceptors (Lipinski definition) is 4. The first-order chi connectivity index (χ1) is 9.79. The Kier molecular flexibility index (Phi) is 3.64. The fraction of sp³-hybridized carbons (Fsp3) is 0.286. The molecule has 0 atom stereocenters. The molecule has 0 saturated carbocycles. The summed E-state index contributed by atoms with van der Waals surface area (Å²) >= 11 is 1.56. The minimum Gasteiger partial charge on any atom is -0.295 e. The van der Waals surface area contributed by atoms with E-state index in [1.54, 1.807) is 22.6 Å². The van der Waals surface area contributed by atoms with Gasteiger partial charge in [-0.25, -0.2) is 0 Å². The molecule has 0 spiro atoms. The summed E-state index contributed by atoms with van der Waals surface area (Å²) in [4.78, 5) is 19.5. The molecule has 5 nitrogen and oxygen atoms in total. The fourth-order valence-electron chi connectivity index (χ4n) is 2.04. The summed E-state index contributed by atoms with van der Waals surface area (Å²) in [5, 5.41) is 5.87. The van der Waals surface area contributed by atoms with Gasteiger partial charge in [-0.15, -0.1) is 0 Å². The van der Waals surface area contributed by atoms with E-state index in [1.807, 2.05) is 24.3 Å². The molecule has 3 rings (SSSR count). The first-order valence-electron chi connectivity index (χ1n) is 6.62. The molecule has 3 aromatic rings. The zero-order valence-electron chi connectivity index (χ0n) is 11.2. The number of rotatable bonds is 4. The summed E-state index contributed by atoms with van der Waals surface area (Å²) in [6.07, 6.45) is 3.83. The number of nitrogens with zero attached hydrogens (tertiary/aromatic N) is 3. The summed E-state index contributed by atoms with van der Waals surface area (Å²) in [5.41, 5.74) is 1.21. The van der Waals surface area contributed by atoms with Gasteiger partial charge in [0.1, 0.15) is 0 Å². The van der Waals surface area contributed by atoms with Crippen molar-refractivity contribution in [2.24, 2.45) is 0 Å². The highest BCUT2D eigenvalue weighted by Crippen LogP contribution is 2.14. The van der Waals surface area contributed by atoms with Crippen molar-refractivity contribution in [3.05, 3.63) is 40.9 Å². The van der Waals surface area contributed by atoms with E-state index in [0.29, 0.717) is 10.7 Å². The number of fused-ring (bicyclic) bond motifs is 3. The van der Waals surface area contributed by atoms with E-state index >= 15 is 0 Å². The molecule has 2 heterocycles. The zero-order valence-corrected chi connectivity index (χ0v) is 12.0. The van der Waals surface area contributed by atoms with Gasteiger partial charge in [0.2, 0.25) is 10.7 Å². The normalized spacial score (nSPS) is 11.2. The molecule has 1 N–H and O–H groups in total. The van der Waals surface area contributed by atoms with Gasteiger partial charge < -0.3 is 0 Å². The lowest BCUT2D eigenvalue weighted by Gasteiger charge is -2.00. The molecule has 0 amide bonds. The zero-order chi connectivity index (χ0) is 13.9. The molecule has 102 valence electrons. The third-order valence-corrected chi connectivity index (χ3v) is 4.02. The number of hydrogen-bond donors (Lipinski definition) is 1. The average molecular weight is 287 g/mol. The fourth-order valence-corrected chi connectivity index (χ4v) is 2.98. The number of H-pyrrole nitrogens is 1. The van der Waals surface area contributed by atoms with Crippen LogP contribution in [0.1, 0.15) is 19.8 Å². The molecular formula is C14H15N4OS+. The van der Waals surface area contributed by atoms with Gasteiger partial charge in [0, 0.05) is 5.75 Å². The standard InChI is InChI=1S/C14H14N4OS/c1-2-3-8-20-14-16-13(19)12-10-6-4-5-7-11(10)15-9-18(12)17-14/h4-7,9H,2-3,8H2,1H3/p+1. The van der Waals surface area contributed by atoms with Crippen molar-refractivity contribution in [2.75, 3.05) is 5.75 Å². The second-order valence-electron chi connectivity index (χ2n) is 4.52. The third kappa shape index (κ3) is 2.38. The minimum atomic E-state index is -0.127. The van der Waals surface area contributed by atoms with E-state index in [-0.39, 0.29) is 5.56 Å². The Labute approximate surface area is 120 Å². The van der Waals surface area contributed by atoms with E-state index in [0.717, 1.165) is 29.5 Å². The number of nitrogens with one attached hydrogen (secondary N) is 1. The van der Waals surface area contributed by atoms with Crippen molar-refractivity contribution in [1.29, 1.82) is 0 Å². The van der Waals surface area contributed by atoms with Crippen molar-refractivity contribution in [1.82, 2.24) is 15.1 Å². The maximum Gasteiger partial charge on any atom is 0.312 e. The lowest BCUT2D eigenvalue weighted by molar-refractivity contribution is -0.589. The molecular weight excluding hydrogens is 272 g/mol. The van der Waals surface area contributed by atoms with Crippen LogP contribution in [0, 0.1) is 0 Å².